The summed E-state index contributed by atoms with van der Waals surface area (Å²) in [5.74, 6) is 0.983. The third-order valence-corrected chi connectivity index (χ3v) is 5.97. The lowest BCUT2D eigenvalue weighted by atomic mass is 9.80. The zero-order valence-corrected chi connectivity index (χ0v) is 16.6. The molecule has 2 fully saturated rings. The van der Waals surface area contributed by atoms with Crippen LogP contribution in [0, 0.1) is 6.92 Å². The predicted molar refractivity (Wildman–Crippen MR) is 104 cm³/mol. The maximum absolute atomic E-state index is 12.6. The van der Waals surface area contributed by atoms with E-state index in [-0.39, 0.29) is 12.3 Å². The number of carbonyl (C=O) groups is 1. The van der Waals surface area contributed by atoms with Crippen LogP contribution in [0.5, 0.6) is 0 Å². The summed E-state index contributed by atoms with van der Waals surface area (Å²) >= 11 is 0. The molecule has 1 aromatic heterocycles. The van der Waals surface area contributed by atoms with Gasteiger partial charge in [-0.3, -0.25) is 4.79 Å². The molecule has 1 amide bonds. The van der Waals surface area contributed by atoms with Gasteiger partial charge in [0, 0.05) is 31.5 Å². The summed E-state index contributed by atoms with van der Waals surface area (Å²) in [4.78, 5) is 18.8. The van der Waals surface area contributed by atoms with Crippen molar-refractivity contribution in [2.75, 3.05) is 19.7 Å². The van der Waals surface area contributed by atoms with Crippen LogP contribution in [0.1, 0.15) is 37.1 Å². The van der Waals surface area contributed by atoms with Crippen LogP contribution in [0.15, 0.2) is 28.8 Å². The quantitative estimate of drug-likeness (QED) is 0.799. The number of likely N-dealkylation sites (tertiary alicyclic amines) is 1. The molecule has 156 valence electrons. The van der Waals surface area contributed by atoms with E-state index in [1.54, 1.807) is 4.90 Å². The van der Waals surface area contributed by atoms with Crippen molar-refractivity contribution in [1.29, 1.82) is 0 Å². The maximum Gasteiger partial charge on any atom is 0.227 e. The number of aromatic nitrogens is 2. The number of carbonyl (C=O) groups excluding carboxylic acids is 1. The van der Waals surface area contributed by atoms with Crippen molar-refractivity contribution in [3.63, 3.8) is 0 Å². The Morgan fingerprint density at radius 3 is 2.86 bits per heavy atom. The molecule has 2 aromatic rings. The van der Waals surface area contributed by atoms with Gasteiger partial charge in [0.05, 0.1) is 18.3 Å². The van der Waals surface area contributed by atoms with Crippen molar-refractivity contribution >= 4 is 5.91 Å². The highest BCUT2D eigenvalue weighted by Crippen LogP contribution is 2.35. The summed E-state index contributed by atoms with van der Waals surface area (Å²) in [6.45, 7) is 3.44. The fourth-order valence-electron chi connectivity index (χ4n) is 4.18. The van der Waals surface area contributed by atoms with E-state index in [2.05, 4.69) is 10.1 Å². The predicted octanol–water partition coefficient (Wildman–Crippen LogP) is 1.48. The van der Waals surface area contributed by atoms with Gasteiger partial charge < -0.3 is 24.4 Å². The number of aryl methyl sites for hydroxylation is 2. The van der Waals surface area contributed by atoms with Gasteiger partial charge in [0.25, 0.3) is 0 Å². The number of hydrogen-bond acceptors (Lipinski definition) is 7. The van der Waals surface area contributed by atoms with Gasteiger partial charge in [0.15, 0.2) is 0 Å². The van der Waals surface area contributed by atoms with Gasteiger partial charge in [0.2, 0.25) is 17.6 Å². The molecule has 0 radical (unpaired) electrons. The summed E-state index contributed by atoms with van der Waals surface area (Å²) in [5.41, 5.74) is 1.27. The third kappa shape index (κ3) is 4.19. The average Bonchev–Trinajstić information content (AvgIpc) is 3.20. The molecule has 2 atom stereocenters. The Bertz CT molecular complexity index is 860. The summed E-state index contributed by atoms with van der Waals surface area (Å²) in [6, 6.07) is 7.86. The molecule has 2 saturated heterocycles. The molecule has 2 N–H and O–H groups in total. The largest absolute Gasteiger partial charge is 0.390 e. The van der Waals surface area contributed by atoms with Crippen LogP contribution in [-0.2, 0) is 16.0 Å². The molecule has 2 aliphatic rings. The second-order valence-electron chi connectivity index (χ2n) is 7.98. The first-order valence-corrected chi connectivity index (χ1v) is 10.1. The van der Waals surface area contributed by atoms with Crippen LogP contribution >= 0.6 is 0 Å². The lowest BCUT2D eigenvalue weighted by Gasteiger charge is -2.48. The zero-order chi connectivity index (χ0) is 20.4. The van der Waals surface area contributed by atoms with Crippen molar-refractivity contribution in [1.82, 2.24) is 15.0 Å². The Morgan fingerprint density at radius 1 is 1.31 bits per heavy atom. The summed E-state index contributed by atoms with van der Waals surface area (Å²) in [5, 5.41) is 24.3. The van der Waals surface area contributed by atoms with Gasteiger partial charge >= 0.3 is 0 Å². The average molecular weight is 401 g/mol. The monoisotopic (exact) mass is 401 g/mol. The van der Waals surface area contributed by atoms with Crippen molar-refractivity contribution < 1.29 is 24.3 Å². The Hall–Kier alpha value is -2.29. The molecule has 8 heteroatoms. The number of ether oxygens (including phenoxy) is 1. The van der Waals surface area contributed by atoms with Gasteiger partial charge in [-0.25, -0.2) is 0 Å². The number of nitrogens with zero attached hydrogens (tertiary/aromatic N) is 3. The van der Waals surface area contributed by atoms with Gasteiger partial charge in [-0.2, -0.15) is 4.98 Å². The van der Waals surface area contributed by atoms with E-state index in [0.717, 1.165) is 11.1 Å². The highest BCUT2D eigenvalue weighted by Gasteiger charge is 2.47. The molecule has 2 aliphatic heterocycles. The number of amides is 1. The second kappa shape index (κ2) is 8.22. The topological polar surface area (TPSA) is 109 Å². The first-order chi connectivity index (χ1) is 14.0. The minimum atomic E-state index is -0.896. The maximum atomic E-state index is 12.6. The number of aliphatic hydroxyl groups excluding tert-OH is 2. The Morgan fingerprint density at radius 2 is 2.10 bits per heavy atom. The zero-order valence-electron chi connectivity index (χ0n) is 16.6. The summed E-state index contributed by atoms with van der Waals surface area (Å²) in [7, 11) is 0. The summed E-state index contributed by atoms with van der Waals surface area (Å²) < 4.78 is 11.1. The van der Waals surface area contributed by atoms with Crippen LogP contribution in [0.3, 0.4) is 0 Å². The molecule has 4 rings (SSSR count). The molecular weight excluding hydrogens is 374 g/mol. The number of benzene rings is 1. The highest BCUT2D eigenvalue weighted by molar-refractivity contribution is 5.76. The minimum Gasteiger partial charge on any atom is -0.390 e. The van der Waals surface area contributed by atoms with E-state index in [4.69, 9.17) is 9.26 Å². The molecule has 0 unspecified atom stereocenters. The lowest BCUT2D eigenvalue weighted by molar-refractivity contribution is -0.214. The van der Waals surface area contributed by atoms with Crippen LogP contribution in [-0.4, -0.2) is 68.7 Å². The fourth-order valence-corrected chi connectivity index (χ4v) is 4.18. The Balaban J connectivity index is 1.30. The number of piperidine rings is 1. The molecule has 1 spiro atoms. The van der Waals surface area contributed by atoms with Crippen LogP contribution in [0.2, 0.25) is 0 Å². The van der Waals surface area contributed by atoms with Crippen molar-refractivity contribution in [3.05, 3.63) is 35.7 Å². The number of aliphatic hydroxyl groups is 2. The lowest BCUT2D eigenvalue weighted by Crippen LogP contribution is -2.60. The molecule has 0 saturated carbocycles. The minimum absolute atomic E-state index is 0.0148. The van der Waals surface area contributed by atoms with Gasteiger partial charge in [-0.05, 0) is 32.3 Å². The van der Waals surface area contributed by atoms with Gasteiger partial charge in [-0.1, -0.05) is 28.9 Å². The molecule has 3 heterocycles. The van der Waals surface area contributed by atoms with Gasteiger partial charge in [-0.15, -0.1) is 0 Å². The van der Waals surface area contributed by atoms with E-state index in [9.17, 15) is 15.0 Å². The molecule has 8 nitrogen and oxygen atoms in total. The smallest absolute Gasteiger partial charge is 0.227 e. The molecule has 1 aromatic carbocycles. The van der Waals surface area contributed by atoms with Crippen molar-refractivity contribution in [3.8, 4) is 11.4 Å². The van der Waals surface area contributed by atoms with Crippen LogP contribution in [0.25, 0.3) is 11.4 Å². The Labute approximate surface area is 169 Å². The van der Waals surface area contributed by atoms with Crippen molar-refractivity contribution in [2.24, 2.45) is 0 Å². The third-order valence-electron chi connectivity index (χ3n) is 5.97. The second-order valence-corrected chi connectivity index (χ2v) is 7.98. The summed E-state index contributed by atoms with van der Waals surface area (Å²) in [6.07, 6.45) is 0.508. The molecule has 0 aliphatic carbocycles. The van der Waals surface area contributed by atoms with E-state index in [1.165, 1.54) is 0 Å². The first-order valence-electron chi connectivity index (χ1n) is 10.1. The molecule has 29 heavy (non-hydrogen) atoms. The first kappa shape index (κ1) is 20.0. The molecular formula is C21H27N3O5. The van der Waals surface area contributed by atoms with Crippen molar-refractivity contribution in [2.45, 2.75) is 56.8 Å². The fraction of sp³-hybridized carbons (Fsp3) is 0.571. The van der Waals surface area contributed by atoms with E-state index >= 15 is 0 Å². The Kier molecular flexibility index (Phi) is 5.67. The number of rotatable bonds is 4. The van der Waals surface area contributed by atoms with E-state index in [0.29, 0.717) is 57.1 Å². The number of hydrogen-bond donors (Lipinski definition) is 2. The van der Waals surface area contributed by atoms with E-state index in [1.807, 2.05) is 31.2 Å². The van der Waals surface area contributed by atoms with Crippen LogP contribution in [0.4, 0.5) is 0 Å². The highest BCUT2D eigenvalue weighted by atomic mass is 16.5. The molecule has 0 bridgehead atoms. The SMILES string of the molecule is Cc1cccc(-c2noc(CCC(=O)N3CCC4(CC3)OCC[C@H](O)[C@@H]4O)n2)c1. The van der Waals surface area contributed by atoms with Gasteiger partial charge in [0.1, 0.15) is 6.10 Å². The normalized spacial score (nSPS) is 24.0. The van der Waals surface area contributed by atoms with Crippen LogP contribution < -0.4 is 0 Å². The standard InChI is InChI=1S/C21H27N3O5/c1-14-3-2-4-15(13-14)20-22-17(29-23-20)5-6-18(26)24-10-8-21(9-11-24)19(27)16(25)7-12-28-21/h2-4,13,16,19,25,27H,5-12H2,1H3/t16-,19-/m0/s1. The van der Waals surface area contributed by atoms with E-state index < -0.39 is 17.8 Å².